The Labute approximate surface area is 150 Å². The van der Waals surface area contributed by atoms with Gasteiger partial charge in [0, 0.05) is 18.8 Å². The Morgan fingerprint density at radius 1 is 0.923 bits per heavy atom. The van der Waals surface area contributed by atoms with Crippen molar-refractivity contribution in [1.82, 2.24) is 4.72 Å². The van der Waals surface area contributed by atoms with Crippen molar-refractivity contribution >= 4 is 15.7 Å². The topological polar surface area (TPSA) is 58.2 Å². The standard InChI is InChI=1S/C16H23F5N2O2S/c1-15(2,3)26(24,25)23-8-6-4-5-7-22-11-9-12(17)14(13(18)10-11)16(19,20)21/h9-10,22-23H,4-8H2,1-3H3. The van der Waals surface area contributed by atoms with Crippen LogP contribution >= 0.6 is 0 Å². The molecule has 2 N–H and O–H groups in total. The first kappa shape index (κ1) is 22.6. The van der Waals surface area contributed by atoms with E-state index in [1.807, 2.05) is 0 Å². The normalized spacial score (nSPS) is 13.1. The number of hydrogen-bond donors (Lipinski definition) is 2. The second-order valence-electron chi connectivity index (χ2n) is 6.81. The highest BCUT2D eigenvalue weighted by Gasteiger charge is 2.37. The van der Waals surface area contributed by atoms with E-state index >= 15 is 0 Å². The van der Waals surface area contributed by atoms with Crippen LogP contribution in [0.4, 0.5) is 27.6 Å². The van der Waals surface area contributed by atoms with Gasteiger partial charge in [-0.2, -0.15) is 13.2 Å². The van der Waals surface area contributed by atoms with Crippen LogP contribution in [-0.4, -0.2) is 26.3 Å². The number of halogens is 5. The van der Waals surface area contributed by atoms with Crippen molar-refractivity contribution in [2.24, 2.45) is 0 Å². The quantitative estimate of drug-likeness (QED) is 0.504. The minimum absolute atomic E-state index is 0.0820. The van der Waals surface area contributed by atoms with Crippen LogP contribution < -0.4 is 10.0 Å². The summed E-state index contributed by atoms with van der Waals surface area (Å²) >= 11 is 0. The molecule has 0 spiro atoms. The first-order chi connectivity index (χ1) is 11.8. The highest BCUT2D eigenvalue weighted by molar-refractivity contribution is 7.90. The van der Waals surface area contributed by atoms with Crippen molar-refractivity contribution in [3.8, 4) is 0 Å². The van der Waals surface area contributed by atoms with Crippen molar-refractivity contribution in [2.45, 2.75) is 51.0 Å². The average Bonchev–Trinajstić information content (AvgIpc) is 2.42. The summed E-state index contributed by atoms with van der Waals surface area (Å²) in [7, 11) is -3.40. The zero-order chi connectivity index (χ0) is 20.2. The van der Waals surface area contributed by atoms with Crippen LogP contribution in [-0.2, 0) is 16.2 Å². The Balaban J connectivity index is 2.39. The first-order valence-electron chi connectivity index (χ1n) is 8.05. The molecule has 0 unspecified atom stereocenters. The van der Waals surface area contributed by atoms with E-state index in [9.17, 15) is 30.4 Å². The third-order valence-electron chi connectivity index (χ3n) is 3.61. The lowest BCUT2D eigenvalue weighted by Crippen LogP contribution is -2.39. The van der Waals surface area contributed by atoms with Gasteiger partial charge in [0.25, 0.3) is 0 Å². The molecule has 0 bridgehead atoms. The molecule has 0 radical (unpaired) electrons. The molecule has 1 aromatic carbocycles. The molecule has 0 aliphatic rings. The molecule has 1 rings (SSSR count). The van der Waals surface area contributed by atoms with E-state index in [-0.39, 0.29) is 18.8 Å². The minimum Gasteiger partial charge on any atom is -0.385 e. The summed E-state index contributed by atoms with van der Waals surface area (Å²) in [5.74, 6) is -3.34. The Bertz CT molecular complexity index is 689. The molecule has 0 fully saturated rings. The Morgan fingerprint density at radius 2 is 1.42 bits per heavy atom. The van der Waals surface area contributed by atoms with Crippen LogP contribution in [0.3, 0.4) is 0 Å². The third-order valence-corrected chi connectivity index (χ3v) is 5.80. The molecule has 0 saturated carbocycles. The van der Waals surface area contributed by atoms with Crippen LogP contribution in [0.1, 0.15) is 45.6 Å². The molecule has 0 aliphatic heterocycles. The second kappa shape index (κ2) is 8.51. The number of hydrogen-bond acceptors (Lipinski definition) is 3. The van der Waals surface area contributed by atoms with E-state index in [2.05, 4.69) is 10.0 Å². The van der Waals surface area contributed by atoms with E-state index in [4.69, 9.17) is 0 Å². The maximum atomic E-state index is 13.4. The number of unbranched alkanes of at least 4 members (excludes halogenated alkanes) is 2. The van der Waals surface area contributed by atoms with Gasteiger partial charge in [-0.25, -0.2) is 21.9 Å². The van der Waals surface area contributed by atoms with Crippen LogP contribution in [0.15, 0.2) is 12.1 Å². The summed E-state index contributed by atoms with van der Waals surface area (Å²) in [5, 5.41) is 2.65. The molecular formula is C16H23F5N2O2S. The Hall–Kier alpha value is -1.42. The molecule has 4 nitrogen and oxygen atoms in total. The molecule has 0 aromatic heterocycles. The van der Waals surface area contributed by atoms with Crippen LogP contribution in [0.5, 0.6) is 0 Å². The van der Waals surface area contributed by atoms with Gasteiger partial charge in [0.2, 0.25) is 10.0 Å². The van der Waals surface area contributed by atoms with E-state index in [0.29, 0.717) is 31.4 Å². The summed E-state index contributed by atoms with van der Waals surface area (Å²) in [4.78, 5) is 0. The highest BCUT2D eigenvalue weighted by atomic mass is 32.2. The summed E-state index contributed by atoms with van der Waals surface area (Å²) in [5.41, 5.74) is -1.99. The molecule has 0 heterocycles. The van der Waals surface area contributed by atoms with Gasteiger partial charge in [0.05, 0.1) is 4.75 Å². The summed E-state index contributed by atoms with van der Waals surface area (Å²) < 4.78 is 89.5. The zero-order valence-corrected chi connectivity index (χ0v) is 15.6. The number of anilines is 1. The summed E-state index contributed by atoms with van der Waals surface area (Å²) in [6, 6.07) is 1.20. The average molecular weight is 402 g/mol. The largest absolute Gasteiger partial charge is 0.422 e. The molecule has 150 valence electrons. The van der Waals surface area contributed by atoms with Gasteiger partial charge in [0.15, 0.2) is 0 Å². The monoisotopic (exact) mass is 402 g/mol. The molecule has 1 aromatic rings. The van der Waals surface area contributed by atoms with Crippen molar-refractivity contribution in [3.63, 3.8) is 0 Å². The van der Waals surface area contributed by atoms with Gasteiger partial charge in [-0.3, -0.25) is 0 Å². The lowest BCUT2D eigenvalue weighted by atomic mass is 10.1. The van der Waals surface area contributed by atoms with Crippen molar-refractivity contribution < 1.29 is 30.4 Å². The van der Waals surface area contributed by atoms with Crippen LogP contribution in [0.2, 0.25) is 0 Å². The smallest absolute Gasteiger partial charge is 0.385 e. The fraction of sp³-hybridized carbons (Fsp3) is 0.625. The molecule has 0 aliphatic carbocycles. The highest BCUT2D eigenvalue weighted by Crippen LogP contribution is 2.34. The fourth-order valence-corrected chi connectivity index (χ4v) is 2.87. The maximum absolute atomic E-state index is 13.4. The lowest BCUT2D eigenvalue weighted by molar-refractivity contribution is -0.142. The first-order valence-corrected chi connectivity index (χ1v) is 9.53. The van der Waals surface area contributed by atoms with E-state index in [1.165, 1.54) is 0 Å². The number of rotatable bonds is 8. The SMILES string of the molecule is CC(C)(C)S(=O)(=O)NCCCCCNc1cc(F)c(C(F)(F)F)c(F)c1. The van der Waals surface area contributed by atoms with Gasteiger partial charge in [-0.05, 0) is 45.7 Å². The third kappa shape index (κ3) is 6.39. The predicted molar refractivity (Wildman–Crippen MR) is 90.4 cm³/mol. The molecule has 0 amide bonds. The second-order valence-corrected chi connectivity index (χ2v) is 9.33. The van der Waals surface area contributed by atoms with Crippen molar-refractivity contribution in [2.75, 3.05) is 18.4 Å². The molecule has 10 heteroatoms. The molecule has 26 heavy (non-hydrogen) atoms. The predicted octanol–water partition coefficient (Wildman–Crippen LogP) is 4.28. The fourth-order valence-electron chi connectivity index (χ4n) is 2.03. The van der Waals surface area contributed by atoms with E-state index in [1.54, 1.807) is 20.8 Å². The van der Waals surface area contributed by atoms with Crippen molar-refractivity contribution in [3.05, 3.63) is 29.3 Å². The Morgan fingerprint density at radius 3 is 1.88 bits per heavy atom. The maximum Gasteiger partial charge on any atom is 0.422 e. The number of nitrogens with one attached hydrogen (secondary N) is 2. The zero-order valence-electron chi connectivity index (χ0n) is 14.8. The number of alkyl halides is 3. The van der Waals surface area contributed by atoms with E-state index < -0.39 is 38.1 Å². The number of benzene rings is 1. The van der Waals surface area contributed by atoms with Gasteiger partial charge in [-0.15, -0.1) is 0 Å². The van der Waals surface area contributed by atoms with Gasteiger partial charge in [0.1, 0.15) is 17.2 Å². The number of sulfonamides is 1. The van der Waals surface area contributed by atoms with Gasteiger partial charge < -0.3 is 5.32 Å². The summed E-state index contributed by atoms with van der Waals surface area (Å²) in [6.07, 6.45) is -3.34. The summed E-state index contributed by atoms with van der Waals surface area (Å²) in [6.45, 7) is 5.31. The van der Waals surface area contributed by atoms with E-state index in [0.717, 1.165) is 0 Å². The van der Waals surface area contributed by atoms with Gasteiger partial charge in [-0.1, -0.05) is 6.42 Å². The molecule has 0 saturated heterocycles. The Kier molecular flexibility index (Phi) is 7.41. The van der Waals surface area contributed by atoms with Crippen molar-refractivity contribution in [1.29, 1.82) is 0 Å². The molecular weight excluding hydrogens is 379 g/mol. The van der Waals surface area contributed by atoms with Crippen LogP contribution in [0, 0.1) is 11.6 Å². The van der Waals surface area contributed by atoms with Crippen LogP contribution in [0.25, 0.3) is 0 Å². The van der Waals surface area contributed by atoms with Gasteiger partial charge >= 0.3 is 6.18 Å². The minimum atomic E-state index is -5.09. The lowest BCUT2D eigenvalue weighted by Gasteiger charge is -2.19. The molecule has 0 atom stereocenters.